The SMILES string of the molecule is CCCOc1ccc(-c2cc(Cn3ccc4nc(-c5ccccc5F)nc-4c3)on2)cc1. The highest BCUT2D eigenvalue weighted by Gasteiger charge is 2.16. The highest BCUT2D eigenvalue weighted by molar-refractivity contribution is 5.66. The second-order valence-corrected chi connectivity index (χ2v) is 7.47. The molecule has 2 aliphatic rings. The summed E-state index contributed by atoms with van der Waals surface area (Å²) in [6, 6.07) is 18.1. The largest absolute Gasteiger partial charge is 0.494 e. The summed E-state index contributed by atoms with van der Waals surface area (Å²) in [5.41, 5.74) is 3.51. The Morgan fingerprint density at radius 3 is 2.59 bits per heavy atom. The van der Waals surface area contributed by atoms with E-state index in [4.69, 9.17) is 9.26 Å². The van der Waals surface area contributed by atoms with E-state index in [0.717, 1.165) is 23.4 Å². The van der Waals surface area contributed by atoms with Crippen molar-refractivity contribution in [1.82, 2.24) is 19.7 Å². The van der Waals surface area contributed by atoms with E-state index in [-0.39, 0.29) is 5.82 Å². The fourth-order valence-corrected chi connectivity index (χ4v) is 3.46. The highest BCUT2D eigenvalue weighted by atomic mass is 19.1. The van der Waals surface area contributed by atoms with Crippen LogP contribution in [0.5, 0.6) is 5.75 Å². The lowest BCUT2D eigenvalue weighted by molar-refractivity contribution is 0.317. The molecule has 2 aromatic carbocycles. The van der Waals surface area contributed by atoms with Gasteiger partial charge in [0.25, 0.3) is 0 Å². The Bertz CT molecular complexity index is 1310. The molecule has 7 heteroatoms. The van der Waals surface area contributed by atoms with Gasteiger partial charge in [0.15, 0.2) is 11.6 Å². The van der Waals surface area contributed by atoms with Gasteiger partial charge in [0.05, 0.1) is 24.4 Å². The summed E-state index contributed by atoms with van der Waals surface area (Å²) >= 11 is 0. The third-order valence-electron chi connectivity index (χ3n) is 5.06. The standard InChI is InChI=1S/C25H21FN4O2/c1-2-13-31-18-9-7-17(8-10-18)23-14-19(32-29-23)15-30-12-11-22-24(16-30)28-25(27-22)20-5-3-4-6-21(20)26/h3-12,14,16H,2,13,15H2,1H3. The number of aromatic nitrogens is 4. The lowest BCUT2D eigenvalue weighted by atomic mass is 10.1. The molecule has 0 amide bonds. The molecule has 0 unspecified atom stereocenters. The van der Waals surface area contributed by atoms with Gasteiger partial charge in [-0.2, -0.15) is 0 Å². The third kappa shape index (κ3) is 4.09. The number of halogens is 1. The number of pyridine rings is 1. The van der Waals surface area contributed by atoms with Crippen molar-refractivity contribution >= 4 is 0 Å². The molecule has 0 spiro atoms. The molecule has 160 valence electrons. The van der Waals surface area contributed by atoms with E-state index >= 15 is 0 Å². The molecular formula is C25H21FN4O2. The number of imidazole rings is 1. The van der Waals surface area contributed by atoms with Crippen LogP contribution in [-0.4, -0.2) is 26.3 Å². The number of fused-ring (bicyclic) bond motifs is 1. The van der Waals surface area contributed by atoms with E-state index in [1.54, 1.807) is 18.2 Å². The van der Waals surface area contributed by atoms with Crippen LogP contribution in [0, 0.1) is 5.82 Å². The second kappa shape index (κ2) is 8.63. The summed E-state index contributed by atoms with van der Waals surface area (Å²) in [6.07, 6.45) is 4.73. The van der Waals surface area contributed by atoms with E-state index in [1.165, 1.54) is 6.07 Å². The van der Waals surface area contributed by atoms with Gasteiger partial charge in [-0.25, -0.2) is 14.4 Å². The van der Waals surface area contributed by atoms with Gasteiger partial charge < -0.3 is 13.8 Å². The summed E-state index contributed by atoms with van der Waals surface area (Å²) in [5.74, 6) is 1.59. The molecule has 0 radical (unpaired) electrons. The Balaban J connectivity index is 1.33. The molecule has 3 heterocycles. The predicted molar refractivity (Wildman–Crippen MR) is 119 cm³/mol. The van der Waals surface area contributed by atoms with Crippen LogP contribution >= 0.6 is 0 Å². The van der Waals surface area contributed by atoms with Crippen molar-refractivity contribution in [3.8, 4) is 39.8 Å². The van der Waals surface area contributed by atoms with E-state index in [2.05, 4.69) is 22.0 Å². The molecule has 32 heavy (non-hydrogen) atoms. The topological polar surface area (TPSA) is 66.0 Å². The zero-order chi connectivity index (χ0) is 21.9. The maximum absolute atomic E-state index is 14.1. The number of hydrogen-bond donors (Lipinski definition) is 0. The van der Waals surface area contributed by atoms with Crippen molar-refractivity contribution in [2.75, 3.05) is 6.61 Å². The van der Waals surface area contributed by atoms with Crippen LogP contribution < -0.4 is 4.74 Å². The molecule has 0 atom stereocenters. The first kappa shape index (κ1) is 19.9. The van der Waals surface area contributed by atoms with Crippen molar-refractivity contribution in [1.29, 1.82) is 0 Å². The summed E-state index contributed by atoms with van der Waals surface area (Å²) < 4.78 is 27.2. The first-order chi connectivity index (χ1) is 15.7. The average Bonchev–Trinajstić information content (AvgIpc) is 3.45. The van der Waals surface area contributed by atoms with Crippen LogP contribution in [0.25, 0.3) is 34.0 Å². The Morgan fingerprint density at radius 2 is 1.78 bits per heavy atom. The van der Waals surface area contributed by atoms with Gasteiger partial charge in [-0.3, -0.25) is 0 Å². The van der Waals surface area contributed by atoms with Crippen molar-refractivity contribution in [3.63, 3.8) is 0 Å². The average molecular weight is 428 g/mol. The second-order valence-electron chi connectivity index (χ2n) is 7.47. The van der Waals surface area contributed by atoms with E-state index < -0.39 is 0 Å². The van der Waals surface area contributed by atoms with Crippen LogP contribution in [0.4, 0.5) is 4.39 Å². The minimum atomic E-state index is -0.338. The van der Waals surface area contributed by atoms with Crippen LogP contribution in [0.2, 0.25) is 0 Å². The number of benzene rings is 2. The third-order valence-corrected chi connectivity index (χ3v) is 5.06. The Morgan fingerprint density at radius 1 is 0.969 bits per heavy atom. The maximum Gasteiger partial charge on any atom is 0.163 e. The Labute approximate surface area is 184 Å². The molecule has 2 aliphatic heterocycles. The lowest BCUT2D eigenvalue weighted by Gasteiger charge is -2.05. The minimum Gasteiger partial charge on any atom is -0.494 e. The fraction of sp³-hybridized carbons (Fsp3) is 0.160. The van der Waals surface area contributed by atoms with Gasteiger partial charge in [-0.1, -0.05) is 24.2 Å². The molecule has 0 saturated carbocycles. The lowest BCUT2D eigenvalue weighted by Crippen LogP contribution is -1.99. The van der Waals surface area contributed by atoms with Crippen LogP contribution in [0.3, 0.4) is 0 Å². The number of hydrogen-bond acceptors (Lipinski definition) is 5. The molecule has 3 aromatic rings. The van der Waals surface area contributed by atoms with Crippen molar-refractivity contribution < 1.29 is 13.7 Å². The van der Waals surface area contributed by atoms with Gasteiger partial charge in [0.2, 0.25) is 0 Å². The summed E-state index contributed by atoms with van der Waals surface area (Å²) in [7, 11) is 0. The molecule has 1 aromatic heterocycles. The maximum atomic E-state index is 14.1. The Kier molecular flexibility index (Phi) is 5.37. The monoisotopic (exact) mass is 428 g/mol. The van der Waals surface area contributed by atoms with Crippen LogP contribution in [-0.2, 0) is 6.54 Å². The normalized spacial score (nSPS) is 11.2. The molecule has 5 rings (SSSR count). The highest BCUT2D eigenvalue weighted by Crippen LogP contribution is 2.27. The number of rotatable bonds is 7. The predicted octanol–water partition coefficient (Wildman–Crippen LogP) is 5.68. The smallest absolute Gasteiger partial charge is 0.163 e. The molecule has 0 saturated heterocycles. The first-order valence-electron chi connectivity index (χ1n) is 10.5. The first-order valence-corrected chi connectivity index (χ1v) is 10.5. The molecular weight excluding hydrogens is 407 g/mol. The van der Waals surface area contributed by atoms with E-state index in [9.17, 15) is 4.39 Å². The zero-order valence-corrected chi connectivity index (χ0v) is 17.5. The number of ether oxygens (including phenoxy) is 1. The molecule has 0 aliphatic carbocycles. The van der Waals surface area contributed by atoms with Gasteiger partial charge in [0.1, 0.15) is 23.0 Å². The van der Waals surface area contributed by atoms with E-state index in [1.807, 2.05) is 53.4 Å². The van der Waals surface area contributed by atoms with Crippen LogP contribution in [0.1, 0.15) is 19.1 Å². The van der Waals surface area contributed by atoms with Crippen molar-refractivity contribution in [2.24, 2.45) is 0 Å². The van der Waals surface area contributed by atoms with E-state index in [0.29, 0.717) is 41.7 Å². The molecule has 0 N–H and O–H groups in total. The molecule has 0 bridgehead atoms. The van der Waals surface area contributed by atoms with Gasteiger partial charge >= 0.3 is 0 Å². The van der Waals surface area contributed by atoms with Gasteiger partial charge in [-0.05, 0) is 48.9 Å². The quantitative estimate of drug-likeness (QED) is 0.334. The Hall–Kier alpha value is -4.00. The van der Waals surface area contributed by atoms with Crippen LogP contribution in [0.15, 0.2) is 77.6 Å². The number of nitrogens with zero attached hydrogens (tertiary/aromatic N) is 4. The summed E-state index contributed by atoms with van der Waals surface area (Å²) in [6.45, 7) is 3.26. The van der Waals surface area contributed by atoms with Crippen molar-refractivity contribution in [2.45, 2.75) is 19.9 Å². The summed E-state index contributed by atoms with van der Waals surface area (Å²) in [4.78, 5) is 8.95. The molecule has 6 nitrogen and oxygen atoms in total. The minimum absolute atomic E-state index is 0.338. The fourth-order valence-electron chi connectivity index (χ4n) is 3.46. The van der Waals surface area contributed by atoms with Crippen molar-refractivity contribution in [3.05, 3.63) is 84.6 Å². The zero-order valence-electron chi connectivity index (χ0n) is 17.5. The van der Waals surface area contributed by atoms with Gasteiger partial charge in [-0.15, -0.1) is 0 Å². The summed E-state index contributed by atoms with van der Waals surface area (Å²) in [5, 5.41) is 4.19. The van der Waals surface area contributed by atoms with Gasteiger partial charge in [0, 0.05) is 24.0 Å². The molecule has 0 fully saturated rings.